The predicted molar refractivity (Wildman–Crippen MR) is 51.8 cm³/mol. The number of nitrogens with one attached hydrogen (secondary N) is 1. The molecular weight excluding hydrogens is 148 g/mol. The summed E-state index contributed by atoms with van der Waals surface area (Å²) in [6.45, 7) is 2.10. The monoisotopic (exact) mass is 162 g/mol. The highest BCUT2D eigenvalue weighted by Gasteiger charge is 1.89. The lowest BCUT2D eigenvalue weighted by Gasteiger charge is -2.01. The predicted octanol–water partition coefficient (Wildman–Crippen LogP) is 1.70. The summed E-state index contributed by atoms with van der Waals surface area (Å²) >= 11 is 0. The highest BCUT2D eigenvalue weighted by Crippen LogP contribution is 1.99. The van der Waals surface area contributed by atoms with E-state index in [2.05, 4.69) is 29.4 Å². The summed E-state index contributed by atoms with van der Waals surface area (Å²) < 4.78 is 0. The molecule has 0 saturated heterocycles. The van der Waals surface area contributed by atoms with E-state index in [0.29, 0.717) is 6.04 Å². The molecule has 1 atom stereocenters. The van der Waals surface area contributed by atoms with Crippen LogP contribution in [-0.2, 0) is 0 Å². The summed E-state index contributed by atoms with van der Waals surface area (Å²) in [5.41, 5.74) is 1.14. The second-order valence-corrected chi connectivity index (χ2v) is 2.72. The van der Waals surface area contributed by atoms with E-state index in [4.69, 9.17) is 0 Å². The standard InChI is InChI=1S/C10H14N2/c1-9(11-2)5-6-10-4-3-7-12-8-10/h3-9,11H,1-2H3. The second-order valence-electron chi connectivity index (χ2n) is 2.72. The third-order valence-electron chi connectivity index (χ3n) is 1.72. The smallest absolute Gasteiger partial charge is 0.0340 e. The molecule has 0 fully saturated rings. The lowest BCUT2D eigenvalue weighted by Crippen LogP contribution is -2.17. The third kappa shape index (κ3) is 2.84. The summed E-state index contributed by atoms with van der Waals surface area (Å²) in [6, 6.07) is 4.38. The molecule has 0 aliphatic carbocycles. The molecule has 64 valence electrons. The minimum absolute atomic E-state index is 0.408. The van der Waals surface area contributed by atoms with Crippen molar-refractivity contribution in [3.8, 4) is 0 Å². The molecule has 0 aliphatic rings. The minimum Gasteiger partial charge on any atom is -0.314 e. The van der Waals surface area contributed by atoms with E-state index in [1.54, 1.807) is 6.20 Å². The summed E-state index contributed by atoms with van der Waals surface area (Å²) in [7, 11) is 1.94. The second kappa shape index (κ2) is 4.67. The Kier molecular flexibility index (Phi) is 3.48. The highest BCUT2D eigenvalue weighted by molar-refractivity contribution is 5.47. The Morgan fingerprint density at radius 3 is 3.00 bits per heavy atom. The Balaban J connectivity index is 2.58. The number of rotatable bonds is 3. The fourth-order valence-electron chi connectivity index (χ4n) is 0.826. The van der Waals surface area contributed by atoms with E-state index < -0.39 is 0 Å². The molecule has 0 bridgehead atoms. The van der Waals surface area contributed by atoms with Crippen LogP contribution >= 0.6 is 0 Å². The summed E-state index contributed by atoms with van der Waals surface area (Å²) in [5.74, 6) is 0. The van der Waals surface area contributed by atoms with Crippen LogP contribution in [0.2, 0.25) is 0 Å². The summed E-state index contributed by atoms with van der Waals surface area (Å²) in [5, 5.41) is 3.13. The Morgan fingerprint density at radius 1 is 1.58 bits per heavy atom. The molecule has 0 spiro atoms. The first-order valence-corrected chi connectivity index (χ1v) is 4.08. The van der Waals surface area contributed by atoms with Crippen LogP contribution in [0, 0.1) is 0 Å². The third-order valence-corrected chi connectivity index (χ3v) is 1.72. The molecular formula is C10H14N2. The molecule has 0 radical (unpaired) electrons. The van der Waals surface area contributed by atoms with Gasteiger partial charge in [0.15, 0.2) is 0 Å². The Labute approximate surface area is 73.3 Å². The molecule has 1 rings (SSSR count). The zero-order chi connectivity index (χ0) is 8.81. The van der Waals surface area contributed by atoms with Gasteiger partial charge < -0.3 is 5.32 Å². The highest BCUT2D eigenvalue weighted by atomic mass is 14.8. The fourth-order valence-corrected chi connectivity index (χ4v) is 0.826. The zero-order valence-corrected chi connectivity index (χ0v) is 7.49. The first-order chi connectivity index (χ1) is 5.83. The first kappa shape index (κ1) is 8.94. The number of aromatic nitrogens is 1. The fraction of sp³-hybridized carbons (Fsp3) is 0.300. The van der Waals surface area contributed by atoms with Gasteiger partial charge in [-0.1, -0.05) is 18.2 Å². The van der Waals surface area contributed by atoms with Crippen LogP contribution in [0.15, 0.2) is 30.6 Å². The minimum atomic E-state index is 0.408. The maximum Gasteiger partial charge on any atom is 0.0340 e. The SMILES string of the molecule is CNC(C)C=Cc1cccnc1. The Morgan fingerprint density at radius 2 is 2.42 bits per heavy atom. The number of hydrogen-bond donors (Lipinski definition) is 1. The van der Waals surface area contributed by atoms with E-state index in [9.17, 15) is 0 Å². The van der Waals surface area contributed by atoms with Gasteiger partial charge in [-0.25, -0.2) is 0 Å². The van der Waals surface area contributed by atoms with Crippen LogP contribution < -0.4 is 5.32 Å². The molecule has 1 N–H and O–H groups in total. The van der Waals surface area contributed by atoms with Gasteiger partial charge in [-0.3, -0.25) is 4.98 Å². The van der Waals surface area contributed by atoms with Gasteiger partial charge in [0.1, 0.15) is 0 Å². The van der Waals surface area contributed by atoms with E-state index in [1.165, 1.54) is 0 Å². The topological polar surface area (TPSA) is 24.9 Å². The van der Waals surface area contributed by atoms with Crippen molar-refractivity contribution in [3.63, 3.8) is 0 Å². The van der Waals surface area contributed by atoms with Crippen molar-refractivity contribution < 1.29 is 0 Å². The molecule has 0 saturated carbocycles. The van der Waals surface area contributed by atoms with E-state index in [1.807, 2.05) is 25.4 Å². The average Bonchev–Trinajstić information content (AvgIpc) is 2.16. The molecule has 0 aliphatic heterocycles. The van der Waals surface area contributed by atoms with Crippen LogP contribution in [-0.4, -0.2) is 18.1 Å². The molecule has 0 amide bonds. The number of likely N-dealkylation sites (N-methyl/N-ethyl adjacent to an activating group) is 1. The van der Waals surface area contributed by atoms with Gasteiger partial charge in [0.05, 0.1) is 0 Å². The van der Waals surface area contributed by atoms with Gasteiger partial charge >= 0.3 is 0 Å². The molecule has 0 aromatic carbocycles. The summed E-state index contributed by atoms with van der Waals surface area (Å²) in [6.07, 6.45) is 7.79. The van der Waals surface area contributed by atoms with Gasteiger partial charge in [-0.15, -0.1) is 0 Å². The zero-order valence-electron chi connectivity index (χ0n) is 7.49. The van der Waals surface area contributed by atoms with E-state index in [-0.39, 0.29) is 0 Å². The van der Waals surface area contributed by atoms with Crippen molar-refractivity contribution in [1.82, 2.24) is 10.3 Å². The van der Waals surface area contributed by atoms with Gasteiger partial charge in [-0.05, 0) is 25.6 Å². The van der Waals surface area contributed by atoms with E-state index >= 15 is 0 Å². The lowest BCUT2D eigenvalue weighted by atomic mass is 10.2. The molecule has 1 aromatic rings. The van der Waals surface area contributed by atoms with Crippen LogP contribution in [0.4, 0.5) is 0 Å². The van der Waals surface area contributed by atoms with Crippen molar-refractivity contribution in [2.75, 3.05) is 7.05 Å². The van der Waals surface area contributed by atoms with Crippen molar-refractivity contribution in [3.05, 3.63) is 36.2 Å². The van der Waals surface area contributed by atoms with Crippen molar-refractivity contribution in [1.29, 1.82) is 0 Å². The number of hydrogen-bond acceptors (Lipinski definition) is 2. The molecule has 2 nitrogen and oxygen atoms in total. The maximum absolute atomic E-state index is 4.02. The van der Waals surface area contributed by atoms with Crippen LogP contribution in [0.25, 0.3) is 6.08 Å². The largest absolute Gasteiger partial charge is 0.314 e. The Bertz CT molecular complexity index is 241. The van der Waals surface area contributed by atoms with Gasteiger partial charge in [0, 0.05) is 18.4 Å². The first-order valence-electron chi connectivity index (χ1n) is 4.08. The molecule has 1 aromatic heterocycles. The summed E-state index contributed by atoms with van der Waals surface area (Å²) in [4.78, 5) is 4.02. The van der Waals surface area contributed by atoms with Crippen LogP contribution in [0.5, 0.6) is 0 Å². The van der Waals surface area contributed by atoms with Crippen molar-refractivity contribution in [2.24, 2.45) is 0 Å². The molecule has 12 heavy (non-hydrogen) atoms. The van der Waals surface area contributed by atoms with Gasteiger partial charge in [0.25, 0.3) is 0 Å². The lowest BCUT2D eigenvalue weighted by molar-refractivity contribution is 0.731. The van der Waals surface area contributed by atoms with Gasteiger partial charge in [0.2, 0.25) is 0 Å². The number of pyridine rings is 1. The maximum atomic E-state index is 4.02. The molecule has 1 heterocycles. The van der Waals surface area contributed by atoms with Crippen molar-refractivity contribution in [2.45, 2.75) is 13.0 Å². The normalized spacial score (nSPS) is 13.5. The Hall–Kier alpha value is -1.15. The van der Waals surface area contributed by atoms with Crippen LogP contribution in [0.3, 0.4) is 0 Å². The molecule has 1 unspecified atom stereocenters. The quantitative estimate of drug-likeness (QED) is 0.731. The van der Waals surface area contributed by atoms with E-state index in [0.717, 1.165) is 5.56 Å². The molecule has 2 heteroatoms. The number of nitrogens with zero attached hydrogens (tertiary/aromatic N) is 1. The van der Waals surface area contributed by atoms with Crippen molar-refractivity contribution >= 4 is 6.08 Å². The van der Waals surface area contributed by atoms with Crippen LogP contribution in [0.1, 0.15) is 12.5 Å². The van der Waals surface area contributed by atoms with Gasteiger partial charge in [-0.2, -0.15) is 0 Å². The average molecular weight is 162 g/mol.